The van der Waals surface area contributed by atoms with Crippen LogP contribution in [0, 0.1) is 0 Å². The summed E-state index contributed by atoms with van der Waals surface area (Å²) >= 11 is 0. The number of esters is 1. The number of hydrogen-bond acceptors (Lipinski definition) is 6. The van der Waals surface area contributed by atoms with Gasteiger partial charge in [0.1, 0.15) is 11.3 Å². The normalized spacial score (nSPS) is 10.0. The van der Waals surface area contributed by atoms with Gasteiger partial charge in [-0.1, -0.05) is 26.2 Å². The third kappa shape index (κ3) is 5.72. The zero-order chi connectivity index (χ0) is 15.7. The van der Waals surface area contributed by atoms with Gasteiger partial charge in [-0.25, -0.2) is 9.59 Å². The first-order valence-electron chi connectivity index (χ1n) is 6.91. The van der Waals surface area contributed by atoms with E-state index in [1.807, 2.05) is 0 Å². The highest BCUT2D eigenvalue weighted by molar-refractivity contribution is 5.94. The average molecular weight is 295 g/mol. The summed E-state index contributed by atoms with van der Waals surface area (Å²) in [7, 11) is 1.24. The minimum absolute atomic E-state index is 0.0645. The Balaban J connectivity index is 2.57. The summed E-state index contributed by atoms with van der Waals surface area (Å²) < 4.78 is 14.6. The van der Waals surface area contributed by atoms with Crippen molar-refractivity contribution in [2.75, 3.05) is 19.5 Å². The van der Waals surface area contributed by atoms with Gasteiger partial charge in [-0.05, 0) is 24.6 Å². The van der Waals surface area contributed by atoms with Crippen molar-refractivity contribution in [1.29, 1.82) is 0 Å². The van der Waals surface area contributed by atoms with Gasteiger partial charge in [0.25, 0.3) is 0 Å². The maximum absolute atomic E-state index is 11.6. The molecule has 0 unspecified atom stereocenters. The molecule has 0 amide bonds. The predicted molar refractivity (Wildman–Crippen MR) is 78.3 cm³/mol. The number of nitrogens with two attached hydrogens (primary N) is 1. The maximum Gasteiger partial charge on any atom is 0.513 e. The van der Waals surface area contributed by atoms with Crippen molar-refractivity contribution in [3.05, 3.63) is 23.8 Å². The van der Waals surface area contributed by atoms with Gasteiger partial charge in [-0.15, -0.1) is 0 Å². The summed E-state index contributed by atoms with van der Waals surface area (Å²) in [4.78, 5) is 23.2. The molecule has 0 radical (unpaired) electrons. The second-order valence-corrected chi connectivity index (χ2v) is 4.51. The number of carbonyl (C=O) groups excluding carboxylic acids is 2. The van der Waals surface area contributed by atoms with E-state index in [9.17, 15) is 9.59 Å². The molecule has 0 bridgehead atoms. The molecule has 0 aliphatic carbocycles. The average Bonchev–Trinajstić information content (AvgIpc) is 2.48. The molecule has 0 heterocycles. The van der Waals surface area contributed by atoms with Crippen LogP contribution < -0.4 is 10.5 Å². The number of unbranched alkanes of at least 4 members (excludes halogenated alkanes) is 3. The van der Waals surface area contributed by atoms with Crippen LogP contribution >= 0.6 is 0 Å². The molecule has 6 heteroatoms. The molecule has 0 spiro atoms. The minimum Gasteiger partial charge on any atom is -0.465 e. The van der Waals surface area contributed by atoms with E-state index in [2.05, 4.69) is 11.7 Å². The highest BCUT2D eigenvalue weighted by Gasteiger charge is 2.17. The first-order valence-corrected chi connectivity index (χ1v) is 6.91. The van der Waals surface area contributed by atoms with Gasteiger partial charge in [0.2, 0.25) is 0 Å². The fraction of sp³-hybridized carbons (Fsp3) is 0.467. The van der Waals surface area contributed by atoms with Crippen molar-refractivity contribution in [3.63, 3.8) is 0 Å². The molecule has 0 saturated heterocycles. The van der Waals surface area contributed by atoms with Crippen LogP contribution in [0.2, 0.25) is 0 Å². The van der Waals surface area contributed by atoms with E-state index in [-0.39, 0.29) is 11.3 Å². The topological polar surface area (TPSA) is 87.9 Å². The molecule has 0 aromatic heterocycles. The van der Waals surface area contributed by atoms with E-state index in [0.29, 0.717) is 12.3 Å². The zero-order valence-electron chi connectivity index (χ0n) is 12.4. The van der Waals surface area contributed by atoms with Gasteiger partial charge in [-0.3, -0.25) is 0 Å². The third-order valence-electron chi connectivity index (χ3n) is 2.82. The molecular weight excluding hydrogens is 274 g/mol. The molecule has 21 heavy (non-hydrogen) atoms. The highest BCUT2D eigenvalue weighted by atomic mass is 16.7. The van der Waals surface area contributed by atoms with Crippen LogP contribution in [-0.4, -0.2) is 25.8 Å². The molecular formula is C15H21NO5. The van der Waals surface area contributed by atoms with E-state index in [4.69, 9.17) is 15.2 Å². The Morgan fingerprint density at radius 3 is 2.62 bits per heavy atom. The van der Waals surface area contributed by atoms with E-state index in [1.54, 1.807) is 0 Å². The molecule has 2 N–H and O–H groups in total. The Bertz CT molecular complexity index is 487. The van der Waals surface area contributed by atoms with Crippen LogP contribution in [0.1, 0.15) is 43.0 Å². The molecule has 116 valence electrons. The van der Waals surface area contributed by atoms with E-state index >= 15 is 0 Å². The number of anilines is 1. The lowest BCUT2D eigenvalue weighted by atomic mass is 10.2. The molecule has 0 saturated carbocycles. The van der Waals surface area contributed by atoms with E-state index in [0.717, 1.165) is 25.7 Å². The fourth-order valence-electron chi connectivity index (χ4n) is 1.71. The van der Waals surface area contributed by atoms with Crippen LogP contribution in [0.15, 0.2) is 18.2 Å². The lowest BCUT2D eigenvalue weighted by molar-refractivity contribution is 0.0594. The van der Waals surface area contributed by atoms with Gasteiger partial charge >= 0.3 is 12.1 Å². The smallest absolute Gasteiger partial charge is 0.465 e. The van der Waals surface area contributed by atoms with Crippen LogP contribution in [0.4, 0.5) is 10.5 Å². The lowest BCUT2D eigenvalue weighted by Gasteiger charge is -2.09. The highest BCUT2D eigenvalue weighted by Crippen LogP contribution is 2.22. The summed E-state index contributed by atoms with van der Waals surface area (Å²) in [6.45, 7) is 2.39. The summed E-state index contributed by atoms with van der Waals surface area (Å²) in [6, 6.07) is 4.34. The van der Waals surface area contributed by atoms with Crippen molar-refractivity contribution in [1.82, 2.24) is 0 Å². The quantitative estimate of drug-likeness (QED) is 0.360. The molecule has 0 fully saturated rings. The number of methoxy groups -OCH3 is 1. The summed E-state index contributed by atoms with van der Waals surface area (Å²) in [5, 5.41) is 0. The van der Waals surface area contributed by atoms with Crippen LogP contribution in [0.5, 0.6) is 5.75 Å². The largest absolute Gasteiger partial charge is 0.513 e. The fourth-order valence-corrected chi connectivity index (χ4v) is 1.71. The lowest BCUT2D eigenvalue weighted by Crippen LogP contribution is -2.14. The molecule has 0 aliphatic heterocycles. The molecule has 1 rings (SSSR count). The summed E-state index contributed by atoms with van der Waals surface area (Å²) in [5.41, 5.74) is 6.05. The number of rotatable bonds is 7. The molecule has 6 nitrogen and oxygen atoms in total. The first kappa shape index (κ1) is 16.8. The number of carbonyl (C=O) groups is 2. The van der Waals surface area contributed by atoms with Gasteiger partial charge in [0.15, 0.2) is 0 Å². The van der Waals surface area contributed by atoms with Crippen molar-refractivity contribution >= 4 is 17.8 Å². The monoisotopic (exact) mass is 295 g/mol. The van der Waals surface area contributed by atoms with Crippen molar-refractivity contribution in [3.8, 4) is 5.75 Å². The minimum atomic E-state index is -0.846. The Kier molecular flexibility index (Phi) is 7.08. The predicted octanol–water partition coefficient (Wildman–Crippen LogP) is 3.15. The maximum atomic E-state index is 11.6. The van der Waals surface area contributed by atoms with Crippen LogP contribution in [0.25, 0.3) is 0 Å². The Hall–Kier alpha value is -2.24. The molecule has 1 aromatic carbocycles. The van der Waals surface area contributed by atoms with Gasteiger partial charge < -0.3 is 19.9 Å². The number of hydrogen-bond donors (Lipinski definition) is 1. The SMILES string of the molecule is CCCCCCOC(=O)Oc1ccc(N)cc1C(=O)OC. The Labute approximate surface area is 124 Å². The number of benzene rings is 1. The summed E-state index contributed by atoms with van der Waals surface area (Å²) in [5.74, 6) is -0.567. The van der Waals surface area contributed by atoms with E-state index < -0.39 is 12.1 Å². The summed E-state index contributed by atoms with van der Waals surface area (Å²) in [6.07, 6.45) is 3.15. The molecule has 0 aliphatic rings. The van der Waals surface area contributed by atoms with Crippen molar-refractivity contribution in [2.24, 2.45) is 0 Å². The Morgan fingerprint density at radius 1 is 1.19 bits per heavy atom. The second-order valence-electron chi connectivity index (χ2n) is 4.51. The van der Waals surface area contributed by atoms with Crippen LogP contribution in [-0.2, 0) is 9.47 Å². The Morgan fingerprint density at radius 2 is 1.95 bits per heavy atom. The molecule has 0 atom stereocenters. The number of nitrogen functional groups attached to an aromatic ring is 1. The van der Waals surface area contributed by atoms with Gasteiger partial charge in [-0.2, -0.15) is 0 Å². The van der Waals surface area contributed by atoms with Gasteiger partial charge in [0, 0.05) is 5.69 Å². The third-order valence-corrected chi connectivity index (χ3v) is 2.82. The van der Waals surface area contributed by atoms with Crippen molar-refractivity contribution in [2.45, 2.75) is 32.6 Å². The standard InChI is InChI=1S/C15H21NO5/c1-3-4-5-6-9-20-15(18)21-13-8-7-11(16)10-12(13)14(17)19-2/h7-8,10H,3-6,9,16H2,1-2H3. The number of ether oxygens (including phenoxy) is 3. The van der Waals surface area contributed by atoms with Gasteiger partial charge in [0.05, 0.1) is 13.7 Å². The zero-order valence-corrected chi connectivity index (χ0v) is 12.4. The first-order chi connectivity index (χ1) is 10.1. The van der Waals surface area contributed by atoms with Crippen LogP contribution in [0.3, 0.4) is 0 Å². The molecule has 1 aromatic rings. The van der Waals surface area contributed by atoms with Crippen molar-refractivity contribution < 1.29 is 23.8 Å². The second kappa shape index (κ2) is 8.84. The van der Waals surface area contributed by atoms with E-state index in [1.165, 1.54) is 25.3 Å².